The Morgan fingerprint density at radius 2 is 1.96 bits per heavy atom. The molecular weight excluding hydrogens is 328 g/mol. The molecule has 0 aliphatic carbocycles. The molecule has 1 aromatic rings. The standard InChI is InChI=1S/C17H26N2O4S/c1-14(2)13-23-16-7-4-6-15(12-16)17(20)18-8-5-9-19(11-10-18)24(3,21)22/h4,6-7,12,14H,5,8-11,13H2,1-3H3. The van der Waals surface area contributed by atoms with Gasteiger partial charge in [-0.25, -0.2) is 12.7 Å². The molecule has 1 aromatic carbocycles. The second kappa shape index (κ2) is 7.98. The third-order valence-corrected chi connectivity index (χ3v) is 5.18. The van der Waals surface area contributed by atoms with Crippen molar-refractivity contribution in [2.24, 2.45) is 5.92 Å². The quantitative estimate of drug-likeness (QED) is 0.809. The molecule has 1 amide bonds. The predicted molar refractivity (Wildman–Crippen MR) is 93.7 cm³/mol. The van der Waals surface area contributed by atoms with Crippen LogP contribution in [-0.2, 0) is 10.0 Å². The highest BCUT2D eigenvalue weighted by atomic mass is 32.2. The molecule has 2 rings (SSSR count). The van der Waals surface area contributed by atoms with Gasteiger partial charge in [-0.15, -0.1) is 0 Å². The molecule has 1 fully saturated rings. The van der Waals surface area contributed by atoms with Gasteiger partial charge in [-0.3, -0.25) is 4.79 Å². The van der Waals surface area contributed by atoms with Gasteiger partial charge in [0.05, 0.1) is 12.9 Å². The van der Waals surface area contributed by atoms with E-state index >= 15 is 0 Å². The van der Waals surface area contributed by atoms with Gasteiger partial charge in [-0.1, -0.05) is 19.9 Å². The Balaban J connectivity index is 2.04. The average Bonchev–Trinajstić information content (AvgIpc) is 2.78. The molecule has 1 aliphatic heterocycles. The molecule has 134 valence electrons. The number of sulfonamides is 1. The summed E-state index contributed by atoms with van der Waals surface area (Å²) in [5, 5.41) is 0. The van der Waals surface area contributed by atoms with E-state index in [1.807, 2.05) is 12.1 Å². The number of carbonyl (C=O) groups is 1. The van der Waals surface area contributed by atoms with Gasteiger partial charge < -0.3 is 9.64 Å². The zero-order valence-electron chi connectivity index (χ0n) is 14.6. The summed E-state index contributed by atoms with van der Waals surface area (Å²) in [6.45, 7) is 6.50. The molecule has 0 N–H and O–H groups in total. The van der Waals surface area contributed by atoms with Crippen LogP contribution >= 0.6 is 0 Å². The third-order valence-electron chi connectivity index (χ3n) is 3.88. The number of amides is 1. The van der Waals surface area contributed by atoms with Crippen LogP contribution in [0.2, 0.25) is 0 Å². The third kappa shape index (κ3) is 5.21. The van der Waals surface area contributed by atoms with Crippen LogP contribution in [0.5, 0.6) is 5.75 Å². The van der Waals surface area contributed by atoms with Crippen LogP contribution in [0.4, 0.5) is 0 Å². The van der Waals surface area contributed by atoms with Crippen molar-refractivity contribution in [2.75, 3.05) is 39.0 Å². The van der Waals surface area contributed by atoms with Gasteiger partial charge in [0.1, 0.15) is 5.75 Å². The van der Waals surface area contributed by atoms with E-state index in [0.717, 1.165) is 0 Å². The SMILES string of the molecule is CC(C)COc1cccc(C(=O)N2CCCN(S(C)(=O)=O)CC2)c1. The summed E-state index contributed by atoms with van der Waals surface area (Å²) in [4.78, 5) is 14.4. The molecule has 0 spiro atoms. The average molecular weight is 354 g/mol. The van der Waals surface area contributed by atoms with Crippen molar-refractivity contribution >= 4 is 15.9 Å². The second-order valence-electron chi connectivity index (χ2n) is 6.54. The summed E-state index contributed by atoms with van der Waals surface area (Å²) in [5.41, 5.74) is 0.573. The van der Waals surface area contributed by atoms with Crippen molar-refractivity contribution < 1.29 is 17.9 Å². The molecule has 0 aromatic heterocycles. The van der Waals surface area contributed by atoms with Gasteiger partial charge in [0, 0.05) is 31.7 Å². The van der Waals surface area contributed by atoms with E-state index in [9.17, 15) is 13.2 Å². The predicted octanol–water partition coefficient (Wildman–Crippen LogP) is 1.83. The Bertz CT molecular complexity index is 673. The molecule has 0 saturated carbocycles. The van der Waals surface area contributed by atoms with E-state index in [0.29, 0.717) is 56.4 Å². The largest absolute Gasteiger partial charge is 0.493 e. The molecule has 0 bridgehead atoms. The first-order valence-electron chi connectivity index (χ1n) is 8.24. The maximum absolute atomic E-state index is 12.7. The fourth-order valence-corrected chi connectivity index (χ4v) is 3.47. The summed E-state index contributed by atoms with van der Waals surface area (Å²) in [6, 6.07) is 7.17. The number of benzene rings is 1. The lowest BCUT2D eigenvalue weighted by molar-refractivity contribution is 0.0763. The first-order chi connectivity index (χ1) is 11.3. The fourth-order valence-electron chi connectivity index (χ4n) is 2.59. The van der Waals surface area contributed by atoms with Gasteiger partial charge in [-0.2, -0.15) is 0 Å². The monoisotopic (exact) mass is 354 g/mol. The molecule has 1 saturated heterocycles. The molecule has 6 nitrogen and oxygen atoms in total. The summed E-state index contributed by atoms with van der Waals surface area (Å²) in [5.74, 6) is 1.01. The van der Waals surface area contributed by atoms with E-state index < -0.39 is 10.0 Å². The molecule has 7 heteroatoms. The molecule has 1 heterocycles. The van der Waals surface area contributed by atoms with Crippen molar-refractivity contribution in [3.63, 3.8) is 0 Å². The highest BCUT2D eigenvalue weighted by Gasteiger charge is 2.24. The van der Waals surface area contributed by atoms with Crippen molar-refractivity contribution in [3.05, 3.63) is 29.8 Å². The number of hydrogen-bond acceptors (Lipinski definition) is 4. The minimum absolute atomic E-state index is 0.0830. The second-order valence-corrected chi connectivity index (χ2v) is 8.52. The fraction of sp³-hybridized carbons (Fsp3) is 0.588. The lowest BCUT2D eigenvalue weighted by atomic mass is 10.2. The van der Waals surface area contributed by atoms with Gasteiger partial charge in [0.2, 0.25) is 10.0 Å². The minimum atomic E-state index is -3.21. The number of nitrogens with zero attached hydrogens (tertiary/aromatic N) is 2. The zero-order chi connectivity index (χ0) is 17.7. The summed E-state index contributed by atoms with van der Waals surface area (Å²) >= 11 is 0. The maximum Gasteiger partial charge on any atom is 0.254 e. The number of ether oxygens (including phenoxy) is 1. The van der Waals surface area contributed by atoms with Crippen molar-refractivity contribution in [2.45, 2.75) is 20.3 Å². The highest BCUT2D eigenvalue weighted by Crippen LogP contribution is 2.17. The number of rotatable bonds is 5. The Morgan fingerprint density at radius 1 is 1.21 bits per heavy atom. The number of carbonyl (C=O) groups excluding carboxylic acids is 1. The van der Waals surface area contributed by atoms with E-state index in [2.05, 4.69) is 13.8 Å². The number of hydrogen-bond donors (Lipinski definition) is 0. The van der Waals surface area contributed by atoms with E-state index in [1.165, 1.54) is 10.6 Å². The van der Waals surface area contributed by atoms with Gasteiger partial charge in [-0.05, 0) is 30.5 Å². The molecule has 1 aliphatic rings. The first kappa shape index (κ1) is 18.7. The van der Waals surface area contributed by atoms with Crippen LogP contribution in [0.25, 0.3) is 0 Å². The minimum Gasteiger partial charge on any atom is -0.493 e. The molecule has 0 atom stereocenters. The summed E-state index contributed by atoms with van der Waals surface area (Å²) in [6.07, 6.45) is 1.85. The Labute approximate surface area is 144 Å². The van der Waals surface area contributed by atoms with Crippen molar-refractivity contribution in [3.8, 4) is 5.75 Å². The Hall–Kier alpha value is -1.60. The lowest BCUT2D eigenvalue weighted by Crippen LogP contribution is -2.36. The molecule has 0 unspecified atom stereocenters. The van der Waals surface area contributed by atoms with Crippen LogP contribution in [-0.4, -0.2) is 62.6 Å². The van der Waals surface area contributed by atoms with E-state index in [-0.39, 0.29) is 5.91 Å². The van der Waals surface area contributed by atoms with Crippen LogP contribution < -0.4 is 4.74 Å². The molecule has 0 radical (unpaired) electrons. The normalized spacial score (nSPS) is 16.9. The summed E-state index contributed by atoms with van der Waals surface area (Å²) < 4.78 is 30.4. The van der Waals surface area contributed by atoms with E-state index in [1.54, 1.807) is 17.0 Å². The van der Waals surface area contributed by atoms with Crippen LogP contribution in [0.3, 0.4) is 0 Å². The Morgan fingerprint density at radius 3 is 2.62 bits per heavy atom. The van der Waals surface area contributed by atoms with Crippen molar-refractivity contribution in [1.82, 2.24) is 9.21 Å². The summed E-state index contributed by atoms with van der Waals surface area (Å²) in [7, 11) is -3.21. The topological polar surface area (TPSA) is 66.9 Å². The molecule has 24 heavy (non-hydrogen) atoms. The van der Waals surface area contributed by atoms with Gasteiger partial charge >= 0.3 is 0 Å². The van der Waals surface area contributed by atoms with E-state index in [4.69, 9.17) is 4.74 Å². The smallest absolute Gasteiger partial charge is 0.254 e. The Kier molecular flexibility index (Phi) is 6.23. The molecular formula is C17H26N2O4S. The highest BCUT2D eigenvalue weighted by molar-refractivity contribution is 7.88. The maximum atomic E-state index is 12.7. The van der Waals surface area contributed by atoms with Crippen LogP contribution in [0.1, 0.15) is 30.6 Å². The zero-order valence-corrected chi connectivity index (χ0v) is 15.4. The van der Waals surface area contributed by atoms with Gasteiger partial charge in [0.15, 0.2) is 0 Å². The van der Waals surface area contributed by atoms with Crippen molar-refractivity contribution in [1.29, 1.82) is 0 Å². The van der Waals surface area contributed by atoms with Crippen LogP contribution in [0.15, 0.2) is 24.3 Å². The lowest BCUT2D eigenvalue weighted by Gasteiger charge is -2.21. The van der Waals surface area contributed by atoms with Crippen LogP contribution in [0, 0.1) is 5.92 Å². The first-order valence-corrected chi connectivity index (χ1v) is 10.1. The van der Waals surface area contributed by atoms with Gasteiger partial charge in [0.25, 0.3) is 5.91 Å².